The van der Waals surface area contributed by atoms with Gasteiger partial charge in [0.2, 0.25) is 0 Å². The summed E-state index contributed by atoms with van der Waals surface area (Å²) in [6, 6.07) is 10.3. The monoisotopic (exact) mass is 199 g/mol. The molecular formula is C12H13N3. The van der Waals surface area contributed by atoms with Crippen molar-refractivity contribution < 1.29 is 0 Å². The minimum Gasteiger partial charge on any atom is -0.372 e. The lowest BCUT2D eigenvalue weighted by Crippen LogP contribution is -2.01. The van der Waals surface area contributed by atoms with Crippen molar-refractivity contribution in [2.75, 3.05) is 12.4 Å². The van der Waals surface area contributed by atoms with E-state index in [0.29, 0.717) is 0 Å². The molecule has 0 aliphatic rings. The molecule has 1 aromatic carbocycles. The van der Waals surface area contributed by atoms with E-state index >= 15 is 0 Å². The Morgan fingerprint density at radius 3 is 2.53 bits per heavy atom. The zero-order valence-electron chi connectivity index (χ0n) is 8.64. The van der Waals surface area contributed by atoms with Gasteiger partial charge in [0.05, 0.1) is 5.69 Å². The Morgan fingerprint density at radius 2 is 1.80 bits per heavy atom. The summed E-state index contributed by atoms with van der Waals surface area (Å²) in [7, 11) is 1.86. The summed E-state index contributed by atoms with van der Waals surface area (Å²) in [4.78, 5) is 8.54. The van der Waals surface area contributed by atoms with Crippen LogP contribution >= 0.6 is 0 Å². The average molecular weight is 199 g/mol. The predicted octanol–water partition coefficient (Wildman–Crippen LogP) is 2.11. The Balaban J connectivity index is 2.24. The van der Waals surface area contributed by atoms with Crippen LogP contribution in [-0.4, -0.2) is 17.0 Å². The summed E-state index contributed by atoms with van der Waals surface area (Å²) in [6.45, 7) is 0. The van der Waals surface area contributed by atoms with E-state index in [9.17, 15) is 0 Å². The number of rotatable bonds is 3. The lowest BCUT2D eigenvalue weighted by molar-refractivity contribution is 1.03. The molecule has 0 saturated heterocycles. The summed E-state index contributed by atoms with van der Waals surface area (Å²) in [5.74, 6) is 0.848. The van der Waals surface area contributed by atoms with Crippen LogP contribution in [0.5, 0.6) is 0 Å². The maximum Gasteiger partial charge on any atom is 0.147 e. The van der Waals surface area contributed by atoms with Gasteiger partial charge in [-0.15, -0.1) is 0 Å². The quantitative estimate of drug-likeness (QED) is 0.822. The van der Waals surface area contributed by atoms with Gasteiger partial charge in [0.25, 0.3) is 0 Å². The molecule has 0 aliphatic heterocycles. The summed E-state index contributed by atoms with van der Waals surface area (Å²) in [6.07, 6.45) is 4.23. The van der Waals surface area contributed by atoms with E-state index < -0.39 is 0 Å². The average Bonchev–Trinajstić information content (AvgIpc) is 2.31. The zero-order chi connectivity index (χ0) is 10.5. The van der Waals surface area contributed by atoms with Gasteiger partial charge in [-0.2, -0.15) is 0 Å². The van der Waals surface area contributed by atoms with E-state index in [1.54, 1.807) is 12.4 Å². The van der Waals surface area contributed by atoms with Gasteiger partial charge in [-0.05, 0) is 5.56 Å². The third-order valence-electron chi connectivity index (χ3n) is 2.23. The van der Waals surface area contributed by atoms with E-state index in [-0.39, 0.29) is 0 Å². The van der Waals surface area contributed by atoms with E-state index in [2.05, 4.69) is 27.4 Å². The van der Waals surface area contributed by atoms with Crippen LogP contribution in [0, 0.1) is 0 Å². The summed E-state index contributed by atoms with van der Waals surface area (Å²) in [5.41, 5.74) is 2.22. The number of nitrogens with zero attached hydrogens (tertiary/aromatic N) is 2. The highest BCUT2D eigenvalue weighted by Gasteiger charge is 2.03. The molecule has 2 rings (SSSR count). The Morgan fingerprint density at radius 1 is 1.07 bits per heavy atom. The third kappa shape index (κ3) is 2.31. The third-order valence-corrected chi connectivity index (χ3v) is 2.23. The number of hydrogen-bond acceptors (Lipinski definition) is 3. The highest BCUT2D eigenvalue weighted by molar-refractivity contribution is 5.41. The Labute approximate surface area is 89.2 Å². The molecule has 1 N–H and O–H groups in total. The Hall–Kier alpha value is -1.90. The molecule has 0 atom stereocenters. The van der Waals surface area contributed by atoms with Gasteiger partial charge in [0.1, 0.15) is 5.82 Å². The van der Waals surface area contributed by atoms with Crippen molar-refractivity contribution in [2.24, 2.45) is 0 Å². The molecule has 0 amide bonds. The SMILES string of the molecule is CNc1nccnc1Cc1ccccc1. The first-order chi connectivity index (χ1) is 7.40. The van der Waals surface area contributed by atoms with E-state index in [4.69, 9.17) is 0 Å². The topological polar surface area (TPSA) is 37.8 Å². The molecule has 0 spiro atoms. The normalized spacial score (nSPS) is 9.93. The number of aromatic nitrogens is 2. The lowest BCUT2D eigenvalue weighted by atomic mass is 10.1. The smallest absolute Gasteiger partial charge is 0.147 e. The molecule has 0 aliphatic carbocycles. The highest BCUT2D eigenvalue weighted by Crippen LogP contribution is 2.12. The molecule has 0 unspecified atom stereocenters. The van der Waals surface area contributed by atoms with Crippen LogP contribution in [0.4, 0.5) is 5.82 Å². The van der Waals surface area contributed by atoms with Gasteiger partial charge in [0.15, 0.2) is 0 Å². The summed E-state index contributed by atoms with van der Waals surface area (Å²) in [5, 5.41) is 3.04. The molecule has 0 bridgehead atoms. The van der Waals surface area contributed by atoms with Crippen molar-refractivity contribution >= 4 is 5.82 Å². The maximum absolute atomic E-state index is 4.32. The van der Waals surface area contributed by atoms with Gasteiger partial charge in [-0.25, -0.2) is 4.98 Å². The van der Waals surface area contributed by atoms with Gasteiger partial charge >= 0.3 is 0 Å². The molecule has 0 saturated carbocycles. The molecule has 3 nitrogen and oxygen atoms in total. The van der Waals surface area contributed by atoms with Crippen LogP contribution in [0.15, 0.2) is 42.7 Å². The van der Waals surface area contributed by atoms with E-state index in [1.807, 2.05) is 25.2 Å². The van der Waals surface area contributed by atoms with E-state index in [1.165, 1.54) is 5.56 Å². The number of nitrogens with one attached hydrogen (secondary N) is 1. The van der Waals surface area contributed by atoms with Crippen molar-refractivity contribution in [1.29, 1.82) is 0 Å². The molecule has 1 heterocycles. The standard InChI is InChI=1S/C12H13N3/c1-13-12-11(14-7-8-15-12)9-10-5-3-2-4-6-10/h2-8H,9H2,1H3,(H,13,15). The zero-order valence-corrected chi connectivity index (χ0v) is 8.64. The van der Waals surface area contributed by atoms with Gasteiger partial charge in [-0.1, -0.05) is 30.3 Å². The Kier molecular flexibility index (Phi) is 2.93. The van der Waals surface area contributed by atoms with Gasteiger partial charge in [-0.3, -0.25) is 4.98 Å². The second-order valence-corrected chi connectivity index (χ2v) is 3.26. The fourth-order valence-corrected chi connectivity index (χ4v) is 1.49. The van der Waals surface area contributed by atoms with Gasteiger partial charge < -0.3 is 5.32 Å². The molecular weight excluding hydrogens is 186 g/mol. The van der Waals surface area contributed by atoms with Crippen LogP contribution in [0.3, 0.4) is 0 Å². The second-order valence-electron chi connectivity index (χ2n) is 3.26. The van der Waals surface area contributed by atoms with Crippen LogP contribution in [0.1, 0.15) is 11.3 Å². The van der Waals surface area contributed by atoms with Crippen molar-refractivity contribution in [3.05, 3.63) is 54.0 Å². The van der Waals surface area contributed by atoms with Crippen LogP contribution in [0.2, 0.25) is 0 Å². The summed E-state index contributed by atoms with van der Waals surface area (Å²) < 4.78 is 0. The number of anilines is 1. The lowest BCUT2D eigenvalue weighted by Gasteiger charge is -2.05. The minimum atomic E-state index is 0.810. The van der Waals surface area contributed by atoms with Crippen LogP contribution in [-0.2, 0) is 6.42 Å². The van der Waals surface area contributed by atoms with Crippen molar-refractivity contribution in [3.63, 3.8) is 0 Å². The first-order valence-corrected chi connectivity index (χ1v) is 4.91. The molecule has 0 radical (unpaired) electrons. The molecule has 3 heteroatoms. The highest BCUT2D eigenvalue weighted by atomic mass is 15.0. The fourth-order valence-electron chi connectivity index (χ4n) is 1.49. The van der Waals surface area contributed by atoms with Crippen LogP contribution in [0.25, 0.3) is 0 Å². The van der Waals surface area contributed by atoms with Crippen LogP contribution < -0.4 is 5.32 Å². The van der Waals surface area contributed by atoms with Crippen molar-refractivity contribution in [1.82, 2.24) is 9.97 Å². The maximum atomic E-state index is 4.32. The van der Waals surface area contributed by atoms with Crippen molar-refractivity contribution in [2.45, 2.75) is 6.42 Å². The molecule has 76 valence electrons. The number of hydrogen-bond donors (Lipinski definition) is 1. The summed E-state index contributed by atoms with van der Waals surface area (Å²) >= 11 is 0. The fraction of sp³-hybridized carbons (Fsp3) is 0.167. The molecule has 1 aromatic heterocycles. The second kappa shape index (κ2) is 4.55. The van der Waals surface area contributed by atoms with E-state index in [0.717, 1.165) is 17.9 Å². The van der Waals surface area contributed by atoms with Gasteiger partial charge in [0, 0.05) is 25.9 Å². The van der Waals surface area contributed by atoms with Crippen molar-refractivity contribution in [3.8, 4) is 0 Å². The molecule has 2 aromatic rings. The molecule has 0 fully saturated rings. The largest absolute Gasteiger partial charge is 0.372 e. The minimum absolute atomic E-state index is 0.810. The Bertz CT molecular complexity index is 426. The first kappa shape index (κ1) is 9.65. The predicted molar refractivity (Wildman–Crippen MR) is 60.8 cm³/mol. The number of benzene rings is 1. The first-order valence-electron chi connectivity index (χ1n) is 4.91. The molecule has 15 heavy (non-hydrogen) atoms.